The summed E-state index contributed by atoms with van der Waals surface area (Å²) in [5.41, 5.74) is 0.360. The van der Waals surface area contributed by atoms with Crippen LogP contribution in [0.2, 0.25) is 5.02 Å². The van der Waals surface area contributed by atoms with Crippen molar-refractivity contribution in [1.82, 2.24) is 15.1 Å². The lowest BCUT2D eigenvalue weighted by molar-refractivity contribution is -0.123. The van der Waals surface area contributed by atoms with Crippen LogP contribution >= 0.6 is 11.6 Å². The number of amides is 2. The fourth-order valence-electron chi connectivity index (χ4n) is 5.48. The molecule has 0 saturated carbocycles. The average Bonchev–Trinajstić information content (AvgIpc) is 3.27. The van der Waals surface area contributed by atoms with Gasteiger partial charge in [0.25, 0.3) is 5.91 Å². The van der Waals surface area contributed by atoms with E-state index >= 15 is 0 Å². The summed E-state index contributed by atoms with van der Waals surface area (Å²) in [5.74, 6) is 1.74. The Balaban J connectivity index is 1.44. The number of nitrogens with zero attached hydrogens (tertiary/aromatic N) is 2. The van der Waals surface area contributed by atoms with E-state index in [-0.39, 0.29) is 23.3 Å². The van der Waals surface area contributed by atoms with Crippen molar-refractivity contribution in [2.75, 3.05) is 39.8 Å². The second kappa shape index (κ2) is 8.39. The Labute approximate surface area is 183 Å². The molecule has 3 aliphatic rings. The lowest BCUT2D eigenvalue weighted by atomic mass is 9.75. The van der Waals surface area contributed by atoms with Crippen molar-refractivity contribution < 1.29 is 14.3 Å². The first-order chi connectivity index (χ1) is 14.4. The highest BCUT2D eigenvalue weighted by Crippen LogP contribution is 2.44. The maximum Gasteiger partial charge on any atom is 0.257 e. The largest absolute Gasteiger partial charge is 0.496 e. The number of carbonyl (C=O) groups excluding carboxylic acids is 2. The van der Waals surface area contributed by atoms with E-state index in [1.54, 1.807) is 25.3 Å². The number of hydrogen-bond donors (Lipinski definition) is 1. The lowest BCUT2D eigenvalue weighted by Gasteiger charge is -2.43. The number of benzene rings is 1. The van der Waals surface area contributed by atoms with Gasteiger partial charge in [-0.15, -0.1) is 0 Å². The molecular weight excluding hydrogens is 402 g/mol. The fourth-order valence-corrected chi connectivity index (χ4v) is 5.64. The molecule has 0 bridgehead atoms. The van der Waals surface area contributed by atoms with Gasteiger partial charge in [-0.05, 0) is 37.0 Å². The van der Waals surface area contributed by atoms with Crippen LogP contribution in [0.25, 0.3) is 0 Å². The first-order valence-corrected chi connectivity index (χ1v) is 11.4. The van der Waals surface area contributed by atoms with Crippen LogP contribution in [-0.4, -0.2) is 67.0 Å². The number of likely N-dealkylation sites (tertiary alicyclic amines) is 2. The second-order valence-electron chi connectivity index (χ2n) is 9.23. The molecule has 1 aromatic rings. The number of piperidine rings is 1. The number of fused-ring (bicyclic) bond motifs is 2. The van der Waals surface area contributed by atoms with E-state index in [0.29, 0.717) is 41.3 Å². The van der Waals surface area contributed by atoms with Crippen LogP contribution in [0.15, 0.2) is 18.2 Å². The maximum atomic E-state index is 13.1. The van der Waals surface area contributed by atoms with E-state index < -0.39 is 0 Å². The zero-order valence-corrected chi connectivity index (χ0v) is 18.9. The molecule has 0 radical (unpaired) electrons. The predicted octanol–water partition coefficient (Wildman–Crippen LogP) is 3.05. The molecule has 3 aliphatic heterocycles. The zero-order chi connectivity index (χ0) is 21.5. The van der Waals surface area contributed by atoms with Crippen molar-refractivity contribution in [2.24, 2.45) is 17.8 Å². The van der Waals surface area contributed by atoms with E-state index in [1.807, 2.05) is 4.90 Å². The normalized spacial score (nSPS) is 26.5. The van der Waals surface area contributed by atoms with Crippen LogP contribution in [0.1, 0.15) is 43.5 Å². The summed E-state index contributed by atoms with van der Waals surface area (Å²) >= 11 is 6.04. The van der Waals surface area contributed by atoms with E-state index in [0.717, 1.165) is 38.9 Å². The van der Waals surface area contributed by atoms with Crippen molar-refractivity contribution in [2.45, 2.75) is 38.6 Å². The predicted molar refractivity (Wildman–Crippen MR) is 117 cm³/mol. The smallest absolute Gasteiger partial charge is 0.257 e. The Kier molecular flexibility index (Phi) is 5.99. The van der Waals surface area contributed by atoms with Gasteiger partial charge in [0.15, 0.2) is 0 Å². The van der Waals surface area contributed by atoms with E-state index in [1.165, 1.54) is 0 Å². The summed E-state index contributed by atoms with van der Waals surface area (Å²) in [6.07, 6.45) is 2.77. The molecule has 0 unspecified atom stereocenters. The van der Waals surface area contributed by atoms with Crippen LogP contribution in [0.3, 0.4) is 0 Å². The van der Waals surface area contributed by atoms with E-state index in [2.05, 4.69) is 24.1 Å². The summed E-state index contributed by atoms with van der Waals surface area (Å²) in [6, 6.07) is 5.12. The highest BCUT2D eigenvalue weighted by Gasteiger charge is 2.57. The minimum Gasteiger partial charge on any atom is -0.496 e. The first-order valence-electron chi connectivity index (χ1n) is 11.0. The van der Waals surface area contributed by atoms with Gasteiger partial charge in [-0.2, -0.15) is 0 Å². The number of carbonyl (C=O) groups is 2. The zero-order valence-electron chi connectivity index (χ0n) is 18.1. The van der Waals surface area contributed by atoms with Gasteiger partial charge in [0.1, 0.15) is 5.75 Å². The van der Waals surface area contributed by atoms with Crippen molar-refractivity contribution >= 4 is 23.4 Å². The van der Waals surface area contributed by atoms with Crippen molar-refractivity contribution in [3.05, 3.63) is 28.8 Å². The van der Waals surface area contributed by atoms with E-state index in [9.17, 15) is 9.59 Å². The standard InChI is InChI=1S/C23H32ClN3O3/c1-4-15(2)12-26-13-18-19(14-26)23(25-21(18)28)7-9-27(10-8-23)22(29)17-6-5-16(24)11-20(17)30-3/h5-6,11,15,18-19H,4,7-10,12-14H2,1-3H3,(H,25,28)/t15-,18-,19+/m1/s1. The van der Waals surface area contributed by atoms with Crippen LogP contribution in [0.4, 0.5) is 0 Å². The van der Waals surface area contributed by atoms with E-state index in [4.69, 9.17) is 16.3 Å². The minimum absolute atomic E-state index is 0.0379. The van der Waals surface area contributed by atoms with Gasteiger partial charge in [-0.1, -0.05) is 31.9 Å². The minimum atomic E-state index is -0.174. The Hall–Kier alpha value is -1.79. The molecule has 4 rings (SSSR count). The number of hydrogen-bond acceptors (Lipinski definition) is 4. The monoisotopic (exact) mass is 433 g/mol. The summed E-state index contributed by atoms with van der Waals surface area (Å²) in [7, 11) is 1.55. The van der Waals surface area contributed by atoms with Gasteiger partial charge >= 0.3 is 0 Å². The molecule has 2 amide bonds. The van der Waals surface area contributed by atoms with Crippen molar-refractivity contribution in [1.29, 1.82) is 0 Å². The van der Waals surface area contributed by atoms with Crippen LogP contribution in [0.5, 0.6) is 5.75 Å². The van der Waals surface area contributed by atoms with Crippen molar-refractivity contribution in [3.8, 4) is 5.75 Å². The molecule has 7 heteroatoms. The Morgan fingerprint density at radius 3 is 2.73 bits per heavy atom. The van der Waals surface area contributed by atoms with Crippen molar-refractivity contribution in [3.63, 3.8) is 0 Å². The summed E-state index contributed by atoms with van der Waals surface area (Å²) in [5, 5.41) is 3.89. The topological polar surface area (TPSA) is 61.9 Å². The second-order valence-corrected chi connectivity index (χ2v) is 9.66. The average molecular weight is 434 g/mol. The van der Waals surface area contributed by atoms with Gasteiger partial charge < -0.3 is 19.9 Å². The quantitative estimate of drug-likeness (QED) is 0.775. The lowest BCUT2D eigenvalue weighted by Crippen LogP contribution is -2.56. The highest BCUT2D eigenvalue weighted by molar-refractivity contribution is 6.30. The molecule has 6 nitrogen and oxygen atoms in total. The first kappa shape index (κ1) is 21.4. The summed E-state index contributed by atoms with van der Waals surface area (Å²) in [4.78, 5) is 30.2. The van der Waals surface area contributed by atoms with Crippen LogP contribution in [-0.2, 0) is 4.79 Å². The molecule has 164 valence electrons. The SMILES string of the molecule is CC[C@@H](C)CN1C[C@H]2C(=O)NC3(CCN(C(=O)c4ccc(Cl)cc4OC)CC3)[C@H]2C1. The van der Waals surface area contributed by atoms with Crippen LogP contribution in [0, 0.1) is 17.8 Å². The maximum absolute atomic E-state index is 13.1. The molecule has 3 saturated heterocycles. The third kappa shape index (κ3) is 3.80. The highest BCUT2D eigenvalue weighted by atomic mass is 35.5. The van der Waals surface area contributed by atoms with Gasteiger partial charge in [0.2, 0.25) is 5.91 Å². The summed E-state index contributed by atoms with van der Waals surface area (Å²) in [6.45, 7) is 8.68. The molecule has 3 fully saturated rings. The summed E-state index contributed by atoms with van der Waals surface area (Å²) < 4.78 is 5.36. The third-order valence-corrected chi connectivity index (χ3v) is 7.65. The third-order valence-electron chi connectivity index (χ3n) is 7.42. The number of nitrogens with one attached hydrogen (secondary N) is 1. The number of rotatable bonds is 5. The molecule has 1 aromatic carbocycles. The molecule has 0 aromatic heterocycles. The van der Waals surface area contributed by atoms with Gasteiger partial charge in [0.05, 0.1) is 18.6 Å². The number of methoxy groups -OCH3 is 1. The fraction of sp³-hybridized carbons (Fsp3) is 0.652. The molecule has 1 spiro atoms. The van der Waals surface area contributed by atoms with Gasteiger partial charge in [0, 0.05) is 49.2 Å². The molecular formula is C23H32ClN3O3. The van der Waals surface area contributed by atoms with Crippen LogP contribution < -0.4 is 10.1 Å². The molecule has 1 N–H and O–H groups in total. The molecule has 3 atom stereocenters. The Morgan fingerprint density at radius 2 is 2.07 bits per heavy atom. The Bertz CT molecular complexity index is 822. The Morgan fingerprint density at radius 1 is 1.33 bits per heavy atom. The molecule has 0 aliphatic carbocycles. The number of halogens is 1. The number of ether oxygens (including phenoxy) is 1. The van der Waals surface area contributed by atoms with Gasteiger partial charge in [-0.3, -0.25) is 9.59 Å². The molecule has 30 heavy (non-hydrogen) atoms. The molecule has 3 heterocycles. The van der Waals surface area contributed by atoms with Gasteiger partial charge in [-0.25, -0.2) is 0 Å².